The fraction of sp³-hybridized carbons (Fsp3) is 0.643. The van der Waals surface area contributed by atoms with E-state index in [1.807, 2.05) is 11.9 Å². The number of likely N-dealkylation sites (tertiary alicyclic amines) is 1. The number of nitrogens with zero attached hydrogens (tertiary/aromatic N) is 4. The van der Waals surface area contributed by atoms with Gasteiger partial charge in [0.25, 0.3) is 0 Å². The summed E-state index contributed by atoms with van der Waals surface area (Å²) in [5.74, 6) is -0.395. The quantitative estimate of drug-likeness (QED) is 0.779. The summed E-state index contributed by atoms with van der Waals surface area (Å²) in [6.45, 7) is 2.38. The van der Waals surface area contributed by atoms with Crippen molar-refractivity contribution in [2.45, 2.75) is 44.3 Å². The molecular weight excluding hydrogens is 307 g/mol. The molecule has 4 atom stereocenters. The van der Waals surface area contributed by atoms with E-state index in [2.05, 4.69) is 9.98 Å². The maximum absolute atomic E-state index is 14.2. The first-order valence-electron chi connectivity index (χ1n) is 7.47. The van der Waals surface area contributed by atoms with Crippen LogP contribution in [0.1, 0.15) is 26.0 Å². The van der Waals surface area contributed by atoms with Crippen LogP contribution in [0.15, 0.2) is 16.0 Å². The van der Waals surface area contributed by atoms with Crippen LogP contribution in [0.2, 0.25) is 0 Å². The van der Waals surface area contributed by atoms with Crippen molar-refractivity contribution in [1.82, 2.24) is 14.5 Å². The molecule has 9 heteroatoms. The Labute approximate surface area is 131 Å². The second-order valence-electron chi connectivity index (χ2n) is 5.87. The molecule has 0 radical (unpaired) electrons. The van der Waals surface area contributed by atoms with E-state index in [1.165, 1.54) is 0 Å². The van der Waals surface area contributed by atoms with E-state index in [4.69, 9.17) is 4.74 Å². The molecule has 0 aromatic carbocycles. The molecule has 126 valence electrons. The van der Waals surface area contributed by atoms with E-state index in [-0.39, 0.29) is 5.82 Å². The van der Waals surface area contributed by atoms with Gasteiger partial charge in [-0.25, -0.2) is 14.2 Å². The topological polar surface area (TPSA) is 100 Å². The lowest BCUT2D eigenvalue weighted by Crippen LogP contribution is -2.35. The Kier molecular flexibility index (Phi) is 4.17. The monoisotopic (exact) mass is 326 g/mol. The minimum Gasteiger partial charge on any atom is -0.388 e. The lowest BCUT2D eigenvalue weighted by atomic mass is 10.1. The standard InChI is InChI=1S/C14H19FN4O4/c1-7-10(20)11(21)13(23-7)19-6-8(15)12(17-14(19)22)16-9-4-3-5-18(9)2/h6-7,10-11,13,20-21H,3-5H2,1-2H3/t7-,10-,11-,13-/m1/s1. The largest absolute Gasteiger partial charge is 0.388 e. The molecule has 2 saturated heterocycles. The highest BCUT2D eigenvalue weighted by Crippen LogP contribution is 2.28. The second-order valence-corrected chi connectivity index (χ2v) is 5.87. The molecule has 0 aliphatic carbocycles. The van der Waals surface area contributed by atoms with Crippen LogP contribution >= 0.6 is 0 Å². The summed E-state index contributed by atoms with van der Waals surface area (Å²) < 4.78 is 20.4. The maximum atomic E-state index is 14.2. The van der Waals surface area contributed by atoms with Gasteiger partial charge in [0.15, 0.2) is 17.9 Å². The molecule has 2 N–H and O–H groups in total. The second kappa shape index (κ2) is 5.99. The number of aliphatic hydroxyl groups excluding tert-OH is 2. The Morgan fingerprint density at radius 2 is 2.17 bits per heavy atom. The summed E-state index contributed by atoms with van der Waals surface area (Å²) in [5.41, 5.74) is -0.795. The van der Waals surface area contributed by atoms with E-state index in [1.54, 1.807) is 6.92 Å². The SMILES string of the molecule is C[C@H]1O[C@@H](n2cc(F)c(N=C3CCCN3C)nc2=O)[C@H](O)[C@@H]1O. The summed E-state index contributed by atoms with van der Waals surface area (Å²) in [5, 5.41) is 19.6. The van der Waals surface area contributed by atoms with Crippen molar-refractivity contribution in [3.63, 3.8) is 0 Å². The molecule has 0 spiro atoms. The Balaban J connectivity index is 1.94. The first-order valence-corrected chi connectivity index (χ1v) is 7.47. The summed E-state index contributed by atoms with van der Waals surface area (Å²) in [4.78, 5) is 21.8. The summed E-state index contributed by atoms with van der Waals surface area (Å²) in [6, 6.07) is 0. The molecule has 23 heavy (non-hydrogen) atoms. The highest BCUT2D eigenvalue weighted by molar-refractivity contribution is 5.85. The number of ether oxygens (including phenoxy) is 1. The number of halogens is 1. The van der Waals surface area contributed by atoms with Crippen molar-refractivity contribution in [3.05, 3.63) is 22.5 Å². The van der Waals surface area contributed by atoms with Crippen molar-refractivity contribution < 1.29 is 19.3 Å². The van der Waals surface area contributed by atoms with Crippen LogP contribution in [-0.2, 0) is 4.74 Å². The summed E-state index contributed by atoms with van der Waals surface area (Å²) >= 11 is 0. The van der Waals surface area contributed by atoms with Crippen molar-refractivity contribution in [2.24, 2.45) is 4.99 Å². The molecule has 3 heterocycles. The Bertz CT molecular complexity index is 692. The van der Waals surface area contributed by atoms with E-state index in [0.717, 1.165) is 23.7 Å². The third-order valence-corrected chi connectivity index (χ3v) is 4.21. The Morgan fingerprint density at radius 3 is 2.74 bits per heavy atom. The minimum absolute atomic E-state index is 0.281. The predicted octanol–water partition coefficient (Wildman–Crippen LogP) is -0.223. The predicted molar refractivity (Wildman–Crippen MR) is 79.0 cm³/mol. The lowest BCUT2D eigenvalue weighted by Gasteiger charge is -2.17. The number of aromatic nitrogens is 2. The lowest BCUT2D eigenvalue weighted by molar-refractivity contribution is -0.0355. The molecule has 0 amide bonds. The van der Waals surface area contributed by atoms with Gasteiger partial charge in [-0.15, -0.1) is 0 Å². The van der Waals surface area contributed by atoms with Crippen LogP contribution in [0.25, 0.3) is 0 Å². The zero-order valence-corrected chi connectivity index (χ0v) is 12.9. The van der Waals surface area contributed by atoms with Gasteiger partial charge in [0, 0.05) is 20.0 Å². The van der Waals surface area contributed by atoms with Crippen LogP contribution in [0, 0.1) is 5.82 Å². The van der Waals surface area contributed by atoms with Crippen molar-refractivity contribution in [1.29, 1.82) is 0 Å². The van der Waals surface area contributed by atoms with Gasteiger partial charge in [-0.3, -0.25) is 4.57 Å². The van der Waals surface area contributed by atoms with Crippen LogP contribution in [0.5, 0.6) is 0 Å². The van der Waals surface area contributed by atoms with Gasteiger partial charge in [0.2, 0.25) is 0 Å². The Morgan fingerprint density at radius 1 is 1.43 bits per heavy atom. The van der Waals surface area contributed by atoms with Crippen molar-refractivity contribution in [3.8, 4) is 0 Å². The number of hydrogen-bond donors (Lipinski definition) is 2. The molecule has 0 bridgehead atoms. The summed E-state index contributed by atoms with van der Waals surface area (Å²) in [6.07, 6.45) is -1.80. The number of aliphatic imine (C=N–C) groups is 1. The number of aliphatic hydroxyl groups is 2. The van der Waals surface area contributed by atoms with E-state index < -0.39 is 36.0 Å². The number of hydrogen-bond acceptors (Lipinski definition) is 6. The fourth-order valence-electron chi connectivity index (χ4n) is 2.81. The van der Waals surface area contributed by atoms with Crippen molar-refractivity contribution >= 4 is 11.7 Å². The summed E-state index contributed by atoms with van der Waals surface area (Å²) in [7, 11) is 1.84. The van der Waals surface area contributed by atoms with Gasteiger partial charge < -0.3 is 19.8 Å². The van der Waals surface area contributed by atoms with Crippen LogP contribution < -0.4 is 5.69 Å². The normalized spacial score (nSPS) is 32.9. The van der Waals surface area contributed by atoms with Crippen LogP contribution in [0.4, 0.5) is 10.2 Å². The van der Waals surface area contributed by atoms with Gasteiger partial charge >= 0.3 is 5.69 Å². The molecule has 1 aromatic rings. The average Bonchev–Trinajstić information content (AvgIpc) is 3.01. The minimum atomic E-state index is -1.33. The smallest absolute Gasteiger partial charge is 0.352 e. The maximum Gasteiger partial charge on any atom is 0.352 e. The zero-order valence-electron chi connectivity index (χ0n) is 12.9. The third kappa shape index (κ3) is 2.87. The highest BCUT2D eigenvalue weighted by Gasteiger charge is 2.42. The number of rotatable bonds is 2. The van der Waals surface area contributed by atoms with Crippen LogP contribution in [-0.4, -0.2) is 62.4 Å². The molecule has 0 saturated carbocycles. The van der Waals surface area contributed by atoms with Gasteiger partial charge in [0.1, 0.15) is 18.0 Å². The average molecular weight is 326 g/mol. The van der Waals surface area contributed by atoms with Gasteiger partial charge in [-0.1, -0.05) is 0 Å². The molecule has 2 aliphatic rings. The third-order valence-electron chi connectivity index (χ3n) is 4.21. The Hall–Kier alpha value is -1.84. The molecule has 3 rings (SSSR count). The molecule has 8 nitrogen and oxygen atoms in total. The first-order chi connectivity index (χ1) is 10.9. The van der Waals surface area contributed by atoms with E-state index in [9.17, 15) is 19.4 Å². The molecule has 2 fully saturated rings. The van der Waals surface area contributed by atoms with E-state index >= 15 is 0 Å². The van der Waals surface area contributed by atoms with E-state index in [0.29, 0.717) is 12.3 Å². The van der Waals surface area contributed by atoms with Crippen LogP contribution in [0.3, 0.4) is 0 Å². The van der Waals surface area contributed by atoms with Gasteiger partial charge in [0.05, 0.1) is 12.3 Å². The molecule has 2 aliphatic heterocycles. The first kappa shape index (κ1) is 16.0. The zero-order chi connectivity index (χ0) is 16.7. The molecule has 1 aromatic heterocycles. The molecule has 0 unspecified atom stereocenters. The molecular formula is C14H19FN4O4. The van der Waals surface area contributed by atoms with Crippen molar-refractivity contribution in [2.75, 3.05) is 13.6 Å². The highest BCUT2D eigenvalue weighted by atomic mass is 19.1. The number of amidine groups is 1. The fourth-order valence-corrected chi connectivity index (χ4v) is 2.81. The van der Waals surface area contributed by atoms with Gasteiger partial charge in [-0.05, 0) is 13.3 Å². The van der Waals surface area contributed by atoms with Gasteiger partial charge in [-0.2, -0.15) is 4.98 Å².